The molecule has 0 fully saturated rings. The average molecular weight is 190 g/mol. The maximum atomic E-state index is 11.0. The molecule has 12 heavy (non-hydrogen) atoms. The first-order chi connectivity index (χ1) is 5.59. The van der Waals surface area contributed by atoms with Crippen LogP contribution in [0.25, 0.3) is 0 Å². The summed E-state index contributed by atoms with van der Waals surface area (Å²) in [5.74, 6) is 0.0900. The van der Waals surface area contributed by atoms with Crippen LogP contribution < -0.4 is 0 Å². The van der Waals surface area contributed by atoms with E-state index in [0.29, 0.717) is 0 Å². The molecule has 0 amide bonds. The van der Waals surface area contributed by atoms with Gasteiger partial charge in [0.1, 0.15) is 0 Å². The largest absolute Gasteiger partial charge is 0.271 e. The van der Waals surface area contributed by atoms with Crippen molar-refractivity contribution in [3.63, 3.8) is 0 Å². The van der Waals surface area contributed by atoms with Crippen LogP contribution >= 0.6 is 0 Å². The highest BCUT2D eigenvalue weighted by molar-refractivity contribution is 7.86. The monoisotopic (exact) mass is 190 g/mol. The van der Waals surface area contributed by atoms with Crippen molar-refractivity contribution in [2.75, 3.05) is 12.4 Å². The molecule has 4 heteroatoms. The lowest BCUT2D eigenvalue weighted by Crippen LogP contribution is -2.21. The van der Waals surface area contributed by atoms with Crippen molar-refractivity contribution >= 4 is 10.1 Å². The van der Waals surface area contributed by atoms with Crippen molar-refractivity contribution in [3.05, 3.63) is 11.1 Å². The van der Waals surface area contributed by atoms with Crippen LogP contribution in [0.15, 0.2) is 11.1 Å². The number of rotatable bonds is 2. The number of hydrogen-bond acceptors (Lipinski definition) is 3. The van der Waals surface area contributed by atoms with Gasteiger partial charge in [-0.1, -0.05) is 19.4 Å². The summed E-state index contributed by atoms with van der Waals surface area (Å²) in [6, 6.07) is 0. The first-order valence-electron chi connectivity index (χ1n) is 4.16. The van der Waals surface area contributed by atoms with Crippen molar-refractivity contribution in [3.8, 4) is 0 Å². The van der Waals surface area contributed by atoms with Crippen LogP contribution in [0.2, 0.25) is 0 Å². The molecule has 70 valence electrons. The predicted molar refractivity (Wildman–Crippen MR) is 47.3 cm³/mol. The van der Waals surface area contributed by atoms with E-state index in [-0.39, 0.29) is 12.4 Å². The van der Waals surface area contributed by atoms with Crippen LogP contribution in [0.3, 0.4) is 0 Å². The van der Waals surface area contributed by atoms with Gasteiger partial charge in [0, 0.05) is 0 Å². The summed E-state index contributed by atoms with van der Waals surface area (Å²) in [7, 11) is -3.24. The van der Waals surface area contributed by atoms with Gasteiger partial charge in [0.25, 0.3) is 10.1 Å². The van der Waals surface area contributed by atoms with E-state index in [9.17, 15) is 8.42 Å². The van der Waals surface area contributed by atoms with Crippen molar-refractivity contribution < 1.29 is 12.6 Å². The predicted octanol–water partition coefficient (Wildman–Crippen LogP) is 1.46. The molecule has 1 aliphatic heterocycles. The molecule has 0 N–H and O–H groups in total. The second-order valence-electron chi connectivity index (χ2n) is 2.88. The summed E-state index contributed by atoms with van der Waals surface area (Å²) in [5, 5.41) is 0. The van der Waals surface area contributed by atoms with E-state index in [1.165, 1.54) is 0 Å². The molecule has 0 aliphatic carbocycles. The summed E-state index contributed by atoms with van der Waals surface area (Å²) < 4.78 is 26.8. The molecule has 1 heterocycles. The fraction of sp³-hybridized carbons (Fsp3) is 0.750. The Bertz CT molecular complexity index is 287. The zero-order valence-corrected chi connectivity index (χ0v) is 8.28. The second-order valence-corrected chi connectivity index (χ2v) is 4.52. The van der Waals surface area contributed by atoms with Gasteiger partial charge in [-0.2, -0.15) is 8.42 Å². The van der Waals surface area contributed by atoms with Crippen LogP contribution in [0, 0.1) is 0 Å². The Hall–Kier alpha value is -0.350. The third-order valence-electron chi connectivity index (χ3n) is 2.12. The summed E-state index contributed by atoms with van der Waals surface area (Å²) in [6.45, 7) is 4.26. The van der Waals surface area contributed by atoms with E-state index in [4.69, 9.17) is 4.18 Å². The molecule has 0 aromatic heterocycles. The van der Waals surface area contributed by atoms with E-state index in [2.05, 4.69) is 0 Å². The molecule has 0 aromatic carbocycles. The Morgan fingerprint density at radius 3 is 2.33 bits per heavy atom. The van der Waals surface area contributed by atoms with E-state index in [1.54, 1.807) is 0 Å². The van der Waals surface area contributed by atoms with Crippen LogP contribution in [0.4, 0.5) is 0 Å². The molecule has 0 aromatic rings. The number of hydrogen-bond donors (Lipinski definition) is 0. The van der Waals surface area contributed by atoms with Gasteiger partial charge in [-0.15, -0.1) is 0 Å². The van der Waals surface area contributed by atoms with E-state index < -0.39 is 10.1 Å². The Morgan fingerprint density at radius 1 is 1.25 bits per heavy atom. The maximum absolute atomic E-state index is 11.0. The Kier molecular flexibility index (Phi) is 2.90. The summed E-state index contributed by atoms with van der Waals surface area (Å²) in [5.41, 5.74) is 2.18. The average Bonchev–Trinajstić information content (AvgIpc) is 2.03. The maximum Gasteiger partial charge on any atom is 0.271 e. The molecule has 0 radical (unpaired) electrons. The quantitative estimate of drug-likeness (QED) is 0.489. The van der Waals surface area contributed by atoms with E-state index in [1.807, 2.05) is 13.8 Å². The molecule has 0 bridgehead atoms. The van der Waals surface area contributed by atoms with Crippen molar-refractivity contribution in [2.45, 2.75) is 26.7 Å². The van der Waals surface area contributed by atoms with Crippen LogP contribution in [-0.2, 0) is 14.3 Å². The molecule has 3 nitrogen and oxygen atoms in total. The lowest BCUT2D eigenvalue weighted by atomic mass is 10.1. The highest BCUT2D eigenvalue weighted by atomic mass is 32.2. The van der Waals surface area contributed by atoms with Gasteiger partial charge in [0.05, 0.1) is 12.4 Å². The molecular weight excluding hydrogens is 176 g/mol. The summed E-state index contributed by atoms with van der Waals surface area (Å²) in [4.78, 5) is 0. The summed E-state index contributed by atoms with van der Waals surface area (Å²) in [6.07, 6.45) is 1.70. The lowest BCUT2D eigenvalue weighted by Gasteiger charge is -2.18. The van der Waals surface area contributed by atoms with Gasteiger partial charge >= 0.3 is 0 Å². The highest BCUT2D eigenvalue weighted by Gasteiger charge is 2.21. The Morgan fingerprint density at radius 2 is 1.83 bits per heavy atom. The molecule has 1 rings (SSSR count). The molecule has 1 aliphatic rings. The second kappa shape index (κ2) is 3.58. The minimum atomic E-state index is -3.24. The molecule has 0 saturated carbocycles. The van der Waals surface area contributed by atoms with E-state index >= 15 is 0 Å². The van der Waals surface area contributed by atoms with Crippen molar-refractivity contribution in [1.29, 1.82) is 0 Å². The fourth-order valence-corrected chi connectivity index (χ4v) is 2.56. The lowest BCUT2D eigenvalue weighted by molar-refractivity contribution is 0.337. The molecular formula is C8H14O3S. The molecule has 0 spiro atoms. The standard InChI is InChI=1S/C8H14O3S/c1-3-7-5-11-12(9,10)6-8(7)4-2/h3-6H2,1-2H3. The van der Waals surface area contributed by atoms with Gasteiger partial charge in [-0.25, -0.2) is 0 Å². The highest BCUT2D eigenvalue weighted by Crippen LogP contribution is 2.21. The molecule has 0 unspecified atom stereocenters. The summed E-state index contributed by atoms with van der Waals surface area (Å²) >= 11 is 0. The minimum Gasteiger partial charge on any atom is -0.265 e. The third kappa shape index (κ3) is 2.08. The van der Waals surface area contributed by atoms with Gasteiger partial charge < -0.3 is 0 Å². The molecule has 0 saturated heterocycles. The van der Waals surface area contributed by atoms with Crippen LogP contribution in [0.1, 0.15) is 26.7 Å². The van der Waals surface area contributed by atoms with Crippen molar-refractivity contribution in [2.24, 2.45) is 0 Å². The van der Waals surface area contributed by atoms with Crippen LogP contribution in [0.5, 0.6) is 0 Å². The van der Waals surface area contributed by atoms with Gasteiger partial charge in [0.2, 0.25) is 0 Å². The fourth-order valence-electron chi connectivity index (χ4n) is 1.32. The smallest absolute Gasteiger partial charge is 0.265 e. The zero-order valence-electron chi connectivity index (χ0n) is 7.46. The van der Waals surface area contributed by atoms with E-state index in [0.717, 1.165) is 24.0 Å². The Balaban J connectivity index is 2.91. The molecule has 0 atom stereocenters. The topological polar surface area (TPSA) is 43.4 Å². The first kappa shape index (κ1) is 9.74. The van der Waals surface area contributed by atoms with Crippen LogP contribution in [-0.4, -0.2) is 20.8 Å². The minimum absolute atomic E-state index is 0.0900. The Labute approximate surface area is 73.5 Å². The van der Waals surface area contributed by atoms with Crippen molar-refractivity contribution in [1.82, 2.24) is 0 Å². The van der Waals surface area contributed by atoms with Gasteiger partial charge in [0.15, 0.2) is 0 Å². The SMILES string of the molecule is CCC1=C(CC)CS(=O)(=O)OC1. The zero-order chi connectivity index (χ0) is 9.19. The van der Waals surface area contributed by atoms with Gasteiger partial charge in [-0.3, -0.25) is 4.18 Å². The third-order valence-corrected chi connectivity index (χ3v) is 3.30. The normalized spacial score (nSPS) is 22.8. The first-order valence-corrected chi connectivity index (χ1v) is 5.73. The van der Waals surface area contributed by atoms with Gasteiger partial charge in [-0.05, 0) is 18.4 Å².